The van der Waals surface area contributed by atoms with Gasteiger partial charge in [0.2, 0.25) is 10.0 Å². The maximum absolute atomic E-state index is 12.1. The van der Waals surface area contributed by atoms with Crippen molar-refractivity contribution in [1.29, 1.82) is 0 Å². The number of sulfonamides is 1. The van der Waals surface area contributed by atoms with Gasteiger partial charge in [0.15, 0.2) is 0 Å². The summed E-state index contributed by atoms with van der Waals surface area (Å²) in [7, 11) is -3.22. The van der Waals surface area contributed by atoms with E-state index in [9.17, 15) is 8.42 Å². The summed E-state index contributed by atoms with van der Waals surface area (Å²) in [4.78, 5) is 0. The zero-order valence-corrected chi connectivity index (χ0v) is 12.7. The Bertz CT molecular complexity index is 292. The molecule has 0 atom stereocenters. The van der Waals surface area contributed by atoms with Gasteiger partial charge in [-0.25, -0.2) is 8.42 Å². The predicted molar refractivity (Wildman–Crippen MR) is 75.1 cm³/mol. The van der Waals surface area contributed by atoms with Crippen LogP contribution in [-0.4, -0.2) is 55.9 Å². The third kappa shape index (κ3) is 8.02. The Kier molecular flexibility index (Phi) is 9.63. The molecular weight excluding hydrogens is 252 g/mol. The van der Waals surface area contributed by atoms with Crippen molar-refractivity contribution in [3.63, 3.8) is 0 Å². The maximum atomic E-state index is 12.1. The van der Waals surface area contributed by atoms with Crippen molar-refractivity contribution in [3.8, 4) is 0 Å². The number of hydrogen-bond acceptors (Lipinski definition) is 4. The Morgan fingerprint density at radius 3 is 2.39 bits per heavy atom. The van der Waals surface area contributed by atoms with Gasteiger partial charge in [0.1, 0.15) is 0 Å². The Morgan fingerprint density at radius 2 is 1.89 bits per heavy atom. The summed E-state index contributed by atoms with van der Waals surface area (Å²) in [6.45, 7) is 7.40. The topological polar surface area (TPSA) is 69.6 Å². The zero-order chi connectivity index (χ0) is 14.0. The molecule has 0 fully saturated rings. The highest BCUT2D eigenvalue weighted by atomic mass is 32.2. The summed E-state index contributed by atoms with van der Waals surface area (Å²) in [6, 6.07) is 0.376. The second-order valence-electron chi connectivity index (χ2n) is 4.75. The minimum Gasteiger partial charge on any atom is -0.395 e. The first-order valence-electron chi connectivity index (χ1n) is 6.76. The third-order valence-corrected chi connectivity index (χ3v) is 4.59. The van der Waals surface area contributed by atoms with Crippen LogP contribution in [0.25, 0.3) is 0 Å². The number of nitrogens with one attached hydrogen (secondary N) is 1. The highest BCUT2D eigenvalue weighted by Crippen LogP contribution is 2.05. The Balaban J connectivity index is 4.18. The van der Waals surface area contributed by atoms with Gasteiger partial charge in [-0.1, -0.05) is 27.2 Å². The molecule has 0 aromatic heterocycles. The van der Waals surface area contributed by atoms with Crippen LogP contribution in [0.3, 0.4) is 0 Å². The molecule has 0 aromatic carbocycles. The van der Waals surface area contributed by atoms with Crippen LogP contribution >= 0.6 is 0 Å². The van der Waals surface area contributed by atoms with Gasteiger partial charge >= 0.3 is 0 Å². The van der Waals surface area contributed by atoms with E-state index >= 15 is 0 Å². The summed E-state index contributed by atoms with van der Waals surface area (Å²) >= 11 is 0. The molecule has 6 heteroatoms. The van der Waals surface area contributed by atoms with Gasteiger partial charge in [-0.15, -0.1) is 0 Å². The summed E-state index contributed by atoms with van der Waals surface area (Å²) in [5.41, 5.74) is 0. The van der Waals surface area contributed by atoms with Crippen molar-refractivity contribution in [2.45, 2.75) is 46.1 Å². The number of hydrogen-bond donors (Lipinski definition) is 2. The summed E-state index contributed by atoms with van der Waals surface area (Å²) in [6.07, 6.45) is 2.39. The second kappa shape index (κ2) is 9.72. The largest absolute Gasteiger partial charge is 0.395 e. The molecule has 0 aliphatic carbocycles. The zero-order valence-electron chi connectivity index (χ0n) is 11.9. The number of rotatable bonds is 11. The third-order valence-electron chi connectivity index (χ3n) is 2.64. The fourth-order valence-corrected chi connectivity index (χ4v) is 3.14. The maximum Gasteiger partial charge on any atom is 0.214 e. The lowest BCUT2D eigenvalue weighted by atomic mass is 10.3. The molecule has 0 amide bonds. The van der Waals surface area contributed by atoms with E-state index < -0.39 is 10.0 Å². The molecule has 18 heavy (non-hydrogen) atoms. The lowest BCUT2D eigenvalue weighted by Gasteiger charge is -2.21. The standard InChI is InChI=1S/C12H28N2O3S/c1-4-5-8-14(9-10-15)18(16,17)11-6-7-13-12(2)3/h12-13,15H,4-11H2,1-3H3. The Morgan fingerprint density at radius 1 is 1.22 bits per heavy atom. The van der Waals surface area contributed by atoms with Crippen molar-refractivity contribution < 1.29 is 13.5 Å². The van der Waals surface area contributed by atoms with Crippen LogP contribution in [0.2, 0.25) is 0 Å². The molecule has 2 N–H and O–H groups in total. The average Bonchev–Trinajstić information content (AvgIpc) is 2.29. The van der Waals surface area contributed by atoms with Crippen LogP contribution in [0.1, 0.15) is 40.0 Å². The first-order chi connectivity index (χ1) is 8.44. The smallest absolute Gasteiger partial charge is 0.214 e. The van der Waals surface area contributed by atoms with Gasteiger partial charge in [-0.05, 0) is 19.4 Å². The van der Waals surface area contributed by atoms with E-state index in [1.54, 1.807) is 0 Å². The van der Waals surface area contributed by atoms with Gasteiger partial charge in [0.25, 0.3) is 0 Å². The molecule has 0 heterocycles. The van der Waals surface area contributed by atoms with Gasteiger partial charge in [0, 0.05) is 19.1 Å². The van der Waals surface area contributed by atoms with E-state index in [0.29, 0.717) is 25.6 Å². The van der Waals surface area contributed by atoms with Crippen molar-refractivity contribution >= 4 is 10.0 Å². The van der Waals surface area contributed by atoms with E-state index in [0.717, 1.165) is 12.8 Å². The van der Waals surface area contributed by atoms with Crippen molar-refractivity contribution in [3.05, 3.63) is 0 Å². The van der Waals surface area contributed by atoms with E-state index in [-0.39, 0.29) is 18.9 Å². The molecule has 5 nitrogen and oxygen atoms in total. The molecule has 0 aromatic rings. The molecule has 0 aliphatic heterocycles. The molecule has 0 bridgehead atoms. The second-order valence-corrected chi connectivity index (χ2v) is 6.84. The summed E-state index contributed by atoms with van der Waals surface area (Å²) < 4.78 is 25.5. The van der Waals surface area contributed by atoms with Crippen LogP contribution in [0.5, 0.6) is 0 Å². The number of aliphatic hydroxyl groups excluding tert-OH is 1. The van der Waals surface area contributed by atoms with Crippen molar-refractivity contribution in [2.24, 2.45) is 0 Å². The van der Waals surface area contributed by atoms with E-state index in [4.69, 9.17) is 5.11 Å². The SMILES string of the molecule is CCCCN(CCO)S(=O)(=O)CCCNC(C)C. The van der Waals surface area contributed by atoms with Gasteiger partial charge in [-0.2, -0.15) is 4.31 Å². The molecule has 0 rings (SSSR count). The normalized spacial score (nSPS) is 12.6. The first kappa shape index (κ1) is 17.8. The molecule has 110 valence electrons. The van der Waals surface area contributed by atoms with Crippen LogP contribution in [0, 0.1) is 0 Å². The molecule has 0 aliphatic rings. The number of nitrogens with zero attached hydrogens (tertiary/aromatic N) is 1. The molecule has 0 spiro atoms. The Labute approximate surface area is 112 Å². The van der Waals surface area contributed by atoms with Gasteiger partial charge < -0.3 is 10.4 Å². The highest BCUT2D eigenvalue weighted by molar-refractivity contribution is 7.89. The predicted octanol–water partition coefficient (Wildman–Crippen LogP) is 0.799. The highest BCUT2D eigenvalue weighted by Gasteiger charge is 2.20. The minimum atomic E-state index is -3.22. The minimum absolute atomic E-state index is 0.118. The lowest BCUT2D eigenvalue weighted by Crippen LogP contribution is -2.37. The monoisotopic (exact) mass is 280 g/mol. The van der Waals surface area contributed by atoms with Crippen LogP contribution in [0.15, 0.2) is 0 Å². The van der Waals surface area contributed by atoms with Gasteiger partial charge in [-0.3, -0.25) is 0 Å². The van der Waals surface area contributed by atoms with E-state index in [1.807, 2.05) is 20.8 Å². The fraction of sp³-hybridized carbons (Fsp3) is 1.00. The van der Waals surface area contributed by atoms with E-state index in [1.165, 1.54) is 4.31 Å². The molecule has 0 saturated carbocycles. The summed E-state index contributed by atoms with van der Waals surface area (Å²) in [5.74, 6) is 0.149. The molecule has 0 saturated heterocycles. The van der Waals surface area contributed by atoms with E-state index in [2.05, 4.69) is 5.32 Å². The fourth-order valence-electron chi connectivity index (χ4n) is 1.61. The van der Waals surface area contributed by atoms with Crippen molar-refractivity contribution in [2.75, 3.05) is 32.0 Å². The van der Waals surface area contributed by atoms with Crippen LogP contribution in [-0.2, 0) is 10.0 Å². The molecular formula is C12H28N2O3S. The quantitative estimate of drug-likeness (QED) is 0.549. The van der Waals surface area contributed by atoms with Crippen molar-refractivity contribution in [1.82, 2.24) is 9.62 Å². The Hall–Kier alpha value is -0.170. The van der Waals surface area contributed by atoms with Crippen LogP contribution in [0.4, 0.5) is 0 Å². The number of aliphatic hydroxyl groups is 1. The molecule has 0 radical (unpaired) electrons. The lowest BCUT2D eigenvalue weighted by molar-refractivity contribution is 0.252. The van der Waals surface area contributed by atoms with Gasteiger partial charge in [0.05, 0.1) is 12.4 Å². The molecule has 0 unspecified atom stereocenters. The number of unbranched alkanes of at least 4 members (excludes halogenated alkanes) is 1. The van der Waals surface area contributed by atoms with Crippen LogP contribution < -0.4 is 5.32 Å². The summed E-state index contributed by atoms with van der Waals surface area (Å²) in [5, 5.41) is 12.1. The average molecular weight is 280 g/mol. The first-order valence-corrected chi connectivity index (χ1v) is 8.37.